The summed E-state index contributed by atoms with van der Waals surface area (Å²) in [5, 5.41) is 3.81. The van der Waals surface area contributed by atoms with Gasteiger partial charge in [0.2, 0.25) is 0 Å². The summed E-state index contributed by atoms with van der Waals surface area (Å²) in [6, 6.07) is 14.5. The van der Waals surface area contributed by atoms with Crippen molar-refractivity contribution in [3.8, 4) is 5.75 Å². The van der Waals surface area contributed by atoms with Gasteiger partial charge in [-0.1, -0.05) is 18.5 Å². The van der Waals surface area contributed by atoms with E-state index in [1.807, 2.05) is 31.2 Å². The number of allylic oxidation sites excluding steroid dienone is 2. The molecular weight excluding hydrogens is 310 g/mol. The van der Waals surface area contributed by atoms with Crippen molar-refractivity contribution < 1.29 is 9.53 Å². The number of anilines is 1. The lowest BCUT2D eigenvalue weighted by atomic mass is 10.1. The molecule has 0 unspecified atom stereocenters. The Balaban J connectivity index is 1.98. The predicted octanol–water partition coefficient (Wildman–Crippen LogP) is 5.33. The van der Waals surface area contributed by atoms with Crippen LogP contribution in [0, 0.1) is 0 Å². The summed E-state index contributed by atoms with van der Waals surface area (Å²) in [5.41, 5.74) is 2.29. The molecule has 0 amide bonds. The highest BCUT2D eigenvalue weighted by Gasteiger charge is 2.03. The Morgan fingerprint density at radius 1 is 1.13 bits per heavy atom. The van der Waals surface area contributed by atoms with E-state index in [0.29, 0.717) is 17.2 Å². The van der Waals surface area contributed by atoms with Gasteiger partial charge in [-0.3, -0.25) is 4.79 Å². The number of ether oxygens (including phenoxy) is 1. The van der Waals surface area contributed by atoms with E-state index in [1.165, 1.54) is 0 Å². The molecule has 23 heavy (non-hydrogen) atoms. The van der Waals surface area contributed by atoms with E-state index in [9.17, 15) is 4.79 Å². The zero-order valence-electron chi connectivity index (χ0n) is 13.3. The molecule has 2 aromatic rings. The molecule has 0 fully saturated rings. The van der Waals surface area contributed by atoms with E-state index in [4.69, 9.17) is 16.3 Å². The Morgan fingerprint density at radius 3 is 2.39 bits per heavy atom. The Morgan fingerprint density at radius 2 is 1.78 bits per heavy atom. The fourth-order valence-electron chi connectivity index (χ4n) is 2.01. The van der Waals surface area contributed by atoms with Crippen LogP contribution < -0.4 is 10.1 Å². The Kier molecular flexibility index (Phi) is 6.24. The van der Waals surface area contributed by atoms with Crippen molar-refractivity contribution in [3.05, 3.63) is 70.9 Å². The van der Waals surface area contributed by atoms with Crippen LogP contribution in [0.25, 0.3) is 0 Å². The van der Waals surface area contributed by atoms with Gasteiger partial charge in [0.25, 0.3) is 0 Å². The van der Waals surface area contributed by atoms with Crippen LogP contribution in [0.5, 0.6) is 5.75 Å². The third-order valence-corrected chi connectivity index (χ3v) is 3.40. The molecule has 0 radical (unpaired) electrons. The van der Waals surface area contributed by atoms with Gasteiger partial charge in [-0.25, -0.2) is 0 Å². The predicted molar refractivity (Wildman–Crippen MR) is 95.4 cm³/mol. The maximum atomic E-state index is 12.1. The van der Waals surface area contributed by atoms with Gasteiger partial charge in [0, 0.05) is 28.0 Å². The van der Waals surface area contributed by atoms with Gasteiger partial charge in [-0.05, 0) is 61.9 Å². The second kappa shape index (κ2) is 8.39. The van der Waals surface area contributed by atoms with Crippen LogP contribution in [0.3, 0.4) is 0 Å². The van der Waals surface area contributed by atoms with Crippen molar-refractivity contribution in [1.29, 1.82) is 0 Å². The molecule has 0 aliphatic heterocycles. The normalized spacial score (nSPS) is 11.2. The molecule has 0 bridgehead atoms. The highest BCUT2D eigenvalue weighted by atomic mass is 35.5. The molecule has 0 saturated carbocycles. The summed E-state index contributed by atoms with van der Waals surface area (Å²) < 4.78 is 5.54. The van der Waals surface area contributed by atoms with Crippen LogP contribution in [0.4, 0.5) is 5.69 Å². The number of hydrogen-bond acceptors (Lipinski definition) is 3. The Bertz CT molecular complexity index is 676. The summed E-state index contributed by atoms with van der Waals surface area (Å²) in [7, 11) is 0. The van der Waals surface area contributed by atoms with E-state index < -0.39 is 0 Å². The van der Waals surface area contributed by atoms with Crippen molar-refractivity contribution in [2.45, 2.75) is 20.3 Å². The smallest absolute Gasteiger partial charge is 0.187 e. The minimum Gasteiger partial charge on any atom is -0.494 e. The molecule has 0 spiro atoms. The zero-order valence-corrected chi connectivity index (χ0v) is 14.1. The van der Waals surface area contributed by atoms with Gasteiger partial charge < -0.3 is 10.1 Å². The van der Waals surface area contributed by atoms with Gasteiger partial charge in [0.05, 0.1) is 6.61 Å². The molecule has 1 N–H and O–H groups in total. The third-order valence-electron chi connectivity index (χ3n) is 3.15. The van der Waals surface area contributed by atoms with E-state index in [-0.39, 0.29) is 5.78 Å². The van der Waals surface area contributed by atoms with E-state index in [1.54, 1.807) is 30.3 Å². The molecule has 3 nitrogen and oxygen atoms in total. The maximum Gasteiger partial charge on any atom is 0.187 e. The van der Waals surface area contributed by atoms with Crippen molar-refractivity contribution in [2.75, 3.05) is 11.9 Å². The third kappa shape index (κ3) is 5.46. The number of nitrogens with one attached hydrogen (secondary N) is 1. The molecule has 2 aromatic carbocycles. The molecule has 0 saturated heterocycles. The number of rotatable bonds is 7. The van der Waals surface area contributed by atoms with E-state index in [0.717, 1.165) is 23.6 Å². The van der Waals surface area contributed by atoms with Crippen LogP contribution >= 0.6 is 11.6 Å². The number of ketones is 1. The monoisotopic (exact) mass is 329 g/mol. The SMILES string of the molecule is CCCOc1ccc(NC(C)=CC(=O)c2ccc(Cl)cc2)cc1. The van der Waals surface area contributed by atoms with Crippen molar-refractivity contribution in [1.82, 2.24) is 0 Å². The Hall–Kier alpha value is -2.26. The molecule has 0 atom stereocenters. The topological polar surface area (TPSA) is 38.3 Å². The van der Waals surface area contributed by atoms with Gasteiger partial charge in [0.15, 0.2) is 5.78 Å². The lowest BCUT2D eigenvalue weighted by Crippen LogP contribution is -2.01. The second-order valence-corrected chi connectivity index (χ2v) is 5.63. The number of carbonyl (C=O) groups excluding carboxylic acids is 1. The molecule has 0 aliphatic carbocycles. The van der Waals surface area contributed by atoms with Crippen molar-refractivity contribution in [2.24, 2.45) is 0 Å². The van der Waals surface area contributed by atoms with Crippen LogP contribution in [0.15, 0.2) is 60.3 Å². The summed E-state index contributed by atoms with van der Waals surface area (Å²) in [4.78, 5) is 12.1. The fraction of sp³-hybridized carbons (Fsp3) is 0.211. The molecule has 0 aromatic heterocycles. The fourth-order valence-corrected chi connectivity index (χ4v) is 2.14. The van der Waals surface area contributed by atoms with Crippen LogP contribution in [-0.4, -0.2) is 12.4 Å². The van der Waals surface area contributed by atoms with Gasteiger partial charge in [-0.2, -0.15) is 0 Å². The highest BCUT2D eigenvalue weighted by Crippen LogP contribution is 2.17. The van der Waals surface area contributed by atoms with Crippen LogP contribution in [0.1, 0.15) is 30.6 Å². The van der Waals surface area contributed by atoms with Crippen molar-refractivity contribution >= 4 is 23.1 Å². The van der Waals surface area contributed by atoms with Gasteiger partial charge in [-0.15, -0.1) is 0 Å². The van der Waals surface area contributed by atoms with Crippen molar-refractivity contribution in [3.63, 3.8) is 0 Å². The molecule has 0 aliphatic rings. The zero-order chi connectivity index (χ0) is 16.7. The quantitative estimate of drug-likeness (QED) is 0.551. The summed E-state index contributed by atoms with van der Waals surface area (Å²) in [5.74, 6) is 0.783. The van der Waals surface area contributed by atoms with Gasteiger partial charge in [0.1, 0.15) is 5.75 Å². The number of benzene rings is 2. The molecule has 2 rings (SSSR count). The lowest BCUT2D eigenvalue weighted by molar-refractivity contribution is 0.104. The summed E-state index contributed by atoms with van der Waals surface area (Å²) >= 11 is 5.82. The first kappa shape index (κ1) is 17.1. The van der Waals surface area contributed by atoms with Gasteiger partial charge >= 0.3 is 0 Å². The van der Waals surface area contributed by atoms with Crippen LogP contribution in [0.2, 0.25) is 5.02 Å². The minimum atomic E-state index is -0.0606. The average molecular weight is 330 g/mol. The number of hydrogen-bond donors (Lipinski definition) is 1. The standard InChI is InChI=1S/C19H20ClNO2/c1-3-12-23-18-10-8-17(9-11-18)21-14(2)13-19(22)15-4-6-16(20)7-5-15/h4-11,13,21H,3,12H2,1-2H3. The number of halogens is 1. The average Bonchev–Trinajstić information content (AvgIpc) is 2.54. The first-order valence-electron chi connectivity index (χ1n) is 7.56. The first-order chi connectivity index (χ1) is 11.1. The second-order valence-electron chi connectivity index (χ2n) is 5.20. The maximum absolute atomic E-state index is 12.1. The van der Waals surface area contributed by atoms with E-state index >= 15 is 0 Å². The largest absolute Gasteiger partial charge is 0.494 e. The first-order valence-corrected chi connectivity index (χ1v) is 7.94. The molecular formula is C19H20ClNO2. The van der Waals surface area contributed by atoms with Crippen LogP contribution in [-0.2, 0) is 0 Å². The molecule has 0 heterocycles. The minimum absolute atomic E-state index is 0.0606. The summed E-state index contributed by atoms with van der Waals surface area (Å²) in [6.07, 6.45) is 2.55. The Labute approximate surface area is 141 Å². The highest BCUT2D eigenvalue weighted by molar-refractivity contribution is 6.30. The molecule has 120 valence electrons. The van der Waals surface area contributed by atoms with E-state index in [2.05, 4.69) is 12.2 Å². The summed E-state index contributed by atoms with van der Waals surface area (Å²) in [6.45, 7) is 4.64. The number of carbonyl (C=O) groups is 1. The lowest BCUT2D eigenvalue weighted by Gasteiger charge is -2.08. The molecule has 4 heteroatoms.